The zero-order valence-electron chi connectivity index (χ0n) is 12.7. The monoisotopic (exact) mass is 340 g/mol. The normalized spacial score (nSPS) is 10.6. The zero-order chi connectivity index (χ0) is 18.0. The number of nitrogens with one attached hydrogen (secondary N) is 1. The molecular weight excluding hydrogens is 328 g/mol. The van der Waals surface area contributed by atoms with Crippen molar-refractivity contribution in [3.63, 3.8) is 0 Å². The molecular formula is C17H12N2O6. The van der Waals surface area contributed by atoms with Crippen LogP contribution in [0.4, 0.5) is 0 Å². The van der Waals surface area contributed by atoms with Crippen molar-refractivity contribution in [3.8, 4) is 17.1 Å². The van der Waals surface area contributed by atoms with Gasteiger partial charge < -0.3 is 19.9 Å². The van der Waals surface area contributed by atoms with Gasteiger partial charge in [-0.3, -0.25) is 14.6 Å². The summed E-state index contributed by atoms with van der Waals surface area (Å²) in [6.45, 7) is -0.636. The van der Waals surface area contributed by atoms with Crippen LogP contribution in [0, 0.1) is 0 Å². The Morgan fingerprint density at radius 2 is 1.80 bits per heavy atom. The van der Waals surface area contributed by atoms with Crippen LogP contribution >= 0.6 is 0 Å². The minimum Gasteiger partial charge on any atom is -0.480 e. The molecule has 0 aliphatic rings. The summed E-state index contributed by atoms with van der Waals surface area (Å²) in [5.74, 6) is -2.97. The van der Waals surface area contributed by atoms with Crippen LogP contribution in [0.1, 0.15) is 10.4 Å². The van der Waals surface area contributed by atoms with Gasteiger partial charge in [-0.05, 0) is 35.4 Å². The van der Waals surface area contributed by atoms with Gasteiger partial charge in [0.05, 0.1) is 5.39 Å². The molecule has 2 heterocycles. The van der Waals surface area contributed by atoms with Crippen molar-refractivity contribution in [2.24, 2.45) is 0 Å². The Morgan fingerprint density at radius 3 is 2.48 bits per heavy atom. The lowest BCUT2D eigenvalue weighted by molar-refractivity contribution is -0.135. The van der Waals surface area contributed by atoms with E-state index in [1.54, 1.807) is 36.7 Å². The second kappa shape index (κ2) is 6.44. The molecule has 0 atom stereocenters. The molecule has 0 fully saturated rings. The number of aliphatic carboxylic acids is 1. The van der Waals surface area contributed by atoms with Crippen LogP contribution < -0.4 is 10.9 Å². The third kappa shape index (κ3) is 3.18. The van der Waals surface area contributed by atoms with E-state index in [2.05, 4.69) is 14.7 Å². The SMILES string of the molecule is O=C(O)CNC(=O)c1c(O)oc(=O)c2ccc(-c3ccncc3)cc12. The minimum atomic E-state index is -1.24. The topological polar surface area (TPSA) is 130 Å². The highest BCUT2D eigenvalue weighted by Gasteiger charge is 2.21. The van der Waals surface area contributed by atoms with Crippen LogP contribution in [-0.2, 0) is 4.79 Å². The van der Waals surface area contributed by atoms with Gasteiger partial charge >= 0.3 is 11.6 Å². The molecule has 0 spiro atoms. The average Bonchev–Trinajstić information content (AvgIpc) is 2.60. The van der Waals surface area contributed by atoms with E-state index in [1.165, 1.54) is 6.07 Å². The van der Waals surface area contributed by atoms with Gasteiger partial charge in [0.1, 0.15) is 12.1 Å². The number of hydrogen-bond acceptors (Lipinski definition) is 6. The maximum atomic E-state index is 12.2. The molecule has 0 aliphatic carbocycles. The lowest BCUT2D eigenvalue weighted by Crippen LogP contribution is -2.29. The van der Waals surface area contributed by atoms with E-state index < -0.39 is 30.0 Å². The van der Waals surface area contributed by atoms with Gasteiger partial charge in [-0.2, -0.15) is 0 Å². The number of carboxylic acid groups (broad SMARTS) is 1. The van der Waals surface area contributed by atoms with Gasteiger partial charge in [0, 0.05) is 17.8 Å². The van der Waals surface area contributed by atoms with Crippen molar-refractivity contribution < 1.29 is 24.2 Å². The fraction of sp³-hybridized carbons (Fsp3) is 0.0588. The van der Waals surface area contributed by atoms with Crippen molar-refractivity contribution in [2.45, 2.75) is 0 Å². The number of carboxylic acids is 1. The summed E-state index contributed by atoms with van der Waals surface area (Å²) in [7, 11) is 0. The summed E-state index contributed by atoms with van der Waals surface area (Å²) in [5, 5.41) is 21.0. The van der Waals surface area contributed by atoms with E-state index in [4.69, 9.17) is 5.11 Å². The number of rotatable bonds is 4. The molecule has 126 valence electrons. The second-order valence-electron chi connectivity index (χ2n) is 5.14. The smallest absolute Gasteiger partial charge is 0.346 e. The standard InChI is InChI=1S/C17H12N2O6/c20-13(21)8-19-15(22)14-12-7-10(9-3-5-18-6-4-9)1-2-11(12)16(23)25-17(14)24/h1-7,24H,8H2,(H,19,22)(H,20,21). The fourth-order valence-electron chi connectivity index (χ4n) is 2.43. The van der Waals surface area contributed by atoms with Crippen molar-refractivity contribution in [3.05, 3.63) is 58.7 Å². The number of benzene rings is 1. The van der Waals surface area contributed by atoms with E-state index in [0.29, 0.717) is 5.56 Å². The Kier molecular flexibility index (Phi) is 4.17. The first-order valence-electron chi connectivity index (χ1n) is 7.17. The largest absolute Gasteiger partial charge is 0.480 e. The van der Waals surface area contributed by atoms with E-state index in [9.17, 15) is 19.5 Å². The third-order valence-corrected chi connectivity index (χ3v) is 3.55. The molecule has 8 nitrogen and oxygen atoms in total. The molecule has 0 saturated carbocycles. The second-order valence-corrected chi connectivity index (χ2v) is 5.14. The number of pyridine rings is 1. The van der Waals surface area contributed by atoms with Gasteiger partial charge in [0.15, 0.2) is 0 Å². The summed E-state index contributed by atoms with van der Waals surface area (Å²) in [5.41, 5.74) is 0.379. The van der Waals surface area contributed by atoms with E-state index in [-0.39, 0.29) is 16.3 Å². The Balaban J connectivity index is 2.19. The van der Waals surface area contributed by atoms with E-state index in [1.807, 2.05) is 0 Å². The molecule has 3 N–H and O–H groups in total. The first kappa shape index (κ1) is 16.2. The fourth-order valence-corrected chi connectivity index (χ4v) is 2.43. The van der Waals surface area contributed by atoms with Crippen LogP contribution in [0.2, 0.25) is 0 Å². The zero-order valence-corrected chi connectivity index (χ0v) is 12.7. The van der Waals surface area contributed by atoms with Gasteiger partial charge in [-0.15, -0.1) is 0 Å². The lowest BCUT2D eigenvalue weighted by atomic mass is 10.0. The highest BCUT2D eigenvalue weighted by Crippen LogP contribution is 2.29. The number of aromatic nitrogens is 1. The Labute approximate surface area is 140 Å². The maximum Gasteiger partial charge on any atom is 0.346 e. The molecule has 0 aliphatic heterocycles. The number of fused-ring (bicyclic) bond motifs is 1. The highest BCUT2D eigenvalue weighted by atomic mass is 16.5. The van der Waals surface area contributed by atoms with E-state index in [0.717, 1.165) is 5.56 Å². The van der Waals surface area contributed by atoms with Crippen molar-refractivity contribution in [1.82, 2.24) is 10.3 Å². The van der Waals surface area contributed by atoms with Crippen molar-refractivity contribution in [2.75, 3.05) is 6.54 Å². The summed E-state index contributed by atoms with van der Waals surface area (Å²) in [6, 6.07) is 8.19. The van der Waals surface area contributed by atoms with Gasteiger partial charge in [0.25, 0.3) is 11.9 Å². The Bertz CT molecular complexity index is 1030. The molecule has 3 aromatic rings. The first-order chi connectivity index (χ1) is 12.0. The van der Waals surface area contributed by atoms with Crippen LogP contribution in [-0.4, -0.2) is 33.6 Å². The Hall–Kier alpha value is -3.68. The van der Waals surface area contributed by atoms with Crippen LogP contribution in [0.3, 0.4) is 0 Å². The molecule has 8 heteroatoms. The first-order valence-corrected chi connectivity index (χ1v) is 7.17. The van der Waals surface area contributed by atoms with Crippen LogP contribution in [0.5, 0.6) is 5.95 Å². The molecule has 2 aromatic heterocycles. The predicted molar refractivity (Wildman–Crippen MR) is 87.3 cm³/mol. The van der Waals surface area contributed by atoms with Gasteiger partial charge in [-0.25, -0.2) is 4.79 Å². The Morgan fingerprint density at radius 1 is 1.08 bits per heavy atom. The van der Waals surface area contributed by atoms with Crippen LogP contribution in [0.15, 0.2) is 51.9 Å². The van der Waals surface area contributed by atoms with Gasteiger partial charge in [0.2, 0.25) is 0 Å². The molecule has 0 unspecified atom stereocenters. The molecule has 0 saturated heterocycles. The maximum absolute atomic E-state index is 12.2. The molecule has 0 bridgehead atoms. The molecule has 1 amide bonds. The quantitative estimate of drug-likeness (QED) is 0.654. The number of nitrogens with zero attached hydrogens (tertiary/aromatic N) is 1. The van der Waals surface area contributed by atoms with E-state index >= 15 is 0 Å². The summed E-state index contributed by atoms with van der Waals surface area (Å²) < 4.78 is 4.68. The summed E-state index contributed by atoms with van der Waals surface area (Å²) in [6.07, 6.45) is 3.19. The lowest BCUT2D eigenvalue weighted by Gasteiger charge is -2.09. The summed E-state index contributed by atoms with van der Waals surface area (Å²) >= 11 is 0. The molecule has 3 rings (SSSR count). The minimum absolute atomic E-state index is 0.0936. The number of hydrogen-bond donors (Lipinski definition) is 3. The molecule has 25 heavy (non-hydrogen) atoms. The van der Waals surface area contributed by atoms with Gasteiger partial charge in [-0.1, -0.05) is 6.07 Å². The highest BCUT2D eigenvalue weighted by molar-refractivity contribution is 6.09. The predicted octanol–water partition coefficient (Wildman–Crippen LogP) is 1.38. The number of aromatic hydroxyl groups is 1. The van der Waals surface area contributed by atoms with Crippen LogP contribution in [0.25, 0.3) is 21.9 Å². The van der Waals surface area contributed by atoms with Crippen molar-refractivity contribution in [1.29, 1.82) is 0 Å². The number of carbonyl (C=O) groups is 2. The third-order valence-electron chi connectivity index (χ3n) is 3.55. The van der Waals surface area contributed by atoms with Crippen molar-refractivity contribution >= 4 is 22.6 Å². The summed E-state index contributed by atoms with van der Waals surface area (Å²) in [4.78, 5) is 38.7. The number of amides is 1. The average molecular weight is 340 g/mol. The number of carbonyl (C=O) groups excluding carboxylic acids is 1. The molecule has 1 aromatic carbocycles. The molecule has 0 radical (unpaired) electrons.